The van der Waals surface area contributed by atoms with Gasteiger partial charge in [0.15, 0.2) is 0 Å². The number of nitrogens with zero attached hydrogens (tertiary/aromatic N) is 1. The number of hydrogen-bond acceptors (Lipinski definition) is 4. The summed E-state index contributed by atoms with van der Waals surface area (Å²) in [6.07, 6.45) is 1.96. The number of nitrogens with two attached hydrogens (primary N) is 1. The van der Waals surface area contributed by atoms with Crippen molar-refractivity contribution in [3.63, 3.8) is 0 Å². The Hall–Kier alpha value is -0.0400. The predicted octanol–water partition coefficient (Wildman–Crippen LogP) is 2.76. The number of carbonyl (C=O) groups is 1. The average Bonchev–Trinajstić information content (AvgIpc) is 2.77. The van der Waals surface area contributed by atoms with E-state index in [0.717, 1.165) is 38.0 Å². The number of halogens is 3. The van der Waals surface area contributed by atoms with E-state index >= 15 is 0 Å². The highest BCUT2D eigenvalue weighted by atomic mass is 35.5. The Morgan fingerprint density at radius 2 is 2.29 bits per heavy atom. The van der Waals surface area contributed by atoms with Gasteiger partial charge in [-0.25, -0.2) is 0 Å². The molecular formula is C13H20Cl3N3OS. The van der Waals surface area contributed by atoms with Gasteiger partial charge in [-0.15, -0.1) is 23.7 Å². The van der Waals surface area contributed by atoms with Crippen LogP contribution in [0.3, 0.4) is 0 Å². The molecule has 0 saturated carbocycles. The first-order valence-corrected chi connectivity index (χ1v) is 8.37. The van der Waals surface area contributed by atoms with Gasteiger partial charge in [0.05, 0.1) is 10.9 Å². The van der Waals surface area contributed by atoms with Gasteiger partial charge in [0.1, 0.15) is 4.34 Å². The van der Waals surface area contributed by atoms with Gasteiger partial charge in [0.2, 0.25) is 5.91 Å². The fourth-order valence-electron chi connectivity index (χ4n) is 2.45. The molecular weight excluding hydrogens is 353 g/mol. The molecule has 0 radical (unpaired) electrons. The lowest BCUT2D eigenvalue weighted by Crippen LogP contribution is -2.43. The van der Waals surface area contributed by atoms with Crippen molar-refractivity contribution in [3.05, 3.63) is 20.3 Å². The minimum atomic E-state index is 0. The molecule has 0 aliphatic carbocycles. The van der Waals surface area contributed by atoms with Crippen LogP contribution in [0.4, 0.5) is 0 Å². The third-order valence-electron chi connectivity index (χ3n) is 3.47. The number of likely N-dealkylation sites (tertiary alicyclic amines) is 1. The Morgan fingerprint density at radius 3 is 2.90 bits per heavy atom. The number of amides is 1. The monoisotopic (exact) mass is 371 g/mol. The number of nitrogens with one attached hydrogen (secondary N) is 1. The maximum atomic E-state index is 12.0. The van der Waals surface area contributed by atoms with Crippen molar-refractivity contribution in [3.8, 4) is 0 Å². The van der Waals surface area contributed by atoms with Crippen molar-refractivity contribution < 1.29 is 4.79 Å². The summed E-state index contributed by atoms with van der Waals surface area (Å²) in [6.45, 7) is 3.53. The smallest absolute Gasteiger partial charge is 0.224 e. The fourth-order valence-corrected chi connectivity index (χ4v) is 3.69. The lowest BCUT2D eigenvalue weighted by Gasteiger charge is -2.31. The van der Waals surface area contributed by atoms with Crippen LogP contribution in [0.1, 0.15) is 18.4 Å². The van der Waals surface area contributed by atoms with Crippen LogP contribution in [0, 0.1) is 5.92 Å². The van der Waals surface area contributed by atoms with Crippen LogP contribution in [0.25, 0.3) is 0 Å². The number of piperidine rings is 1. The Morgan fingerprint density at radius 1 is 1.52 bits per heavy atom. The zero-order chi connectivity index (χ0) is 14.5. The van der Waals surface area contributed by atoms with E-state index < -0.39 is 0 Å². The third-order valence-corrected chi connectivity index (χ3v) is 5.38. The number of hydrogen-bond donors (Lipinski definition) is 2. The molecule has 21 heavy (non-hydrogen) atoms. The van der Waals surface area contributed by atoms with Crippen LogP contribution in [0.2, 0.25) is 9.36 Å². The van der Waals surface area contributed by atoms with Gasteiger partial charge in [0.25, 0.3) is 0 Å². The Bertz CT molecular complexity index is 470. The Balaban J connectivity index is 0.00000220. The zero-order valence-corrected chi connectivity index (χ0v) is 14.8. The van der Waals surface area contributed by atoms with Gasteiger partial charge in [-0.05, 0) is 30.3 Å². The first kappa shape index (κ1) is 19.0. The molecule has 3 N–H and O–H groups in total. The van der Waals surface area contributed by atoms with Crippen molar-refractivity contribution in [2.75, 3.05) is 26.2 Å². The predicted molar refractivity (Wildman–Crippen MR) is 91.7 cm³/mol. The quantitative estimate of drug-likeness (QED) is 0.835. The summed E-state index contributed by atoms with van der Waals surface area (Å²) in [4.78, 5) is 14.3. The molecule has 1 aliphatic rings. The van der Waals surface area contributed by atoms with Crippen molar-refractivity contribution in [2.45, 2.75) is 19.4 Å². The average molecular weight is 373 g/mol. The zero-order valence-electron chi connectivity index (χ0n) is 11.6. The van der Waals surface area contributed by atoms with Crippen molar-refractivity contribution >= 4 is 52.9 Å². The standard InChI is InChI=1S/C13H19Cl2N3OS.ClH/c14-11-10(8-20-12(11)15)7-18-5-1-2-9(6-18)13(19)17-4-3-16;/h8-9H,1-7,16H2,(H,17,19);1H. The van der Waals surface area contributed by atoms with E-state index in [0.29, 0.717) is 22.4 Å². The highest BCUT2D eigenvalue weighted by molar-refractivity contribution is 7.15. The fraction of sp³-hybridized carbons (Fsp3) is 0.615. The molecule has 1 amide bonds. The van der Waals surface area contributed by atoms with Gasteiger partial charge >= 0.3 is 0 Å². The SMILES string of the molecule is Cl.NCCNC(=O)C1CCCN(Cc2csc(Cl)c2Cl)C1. The first-order chi connectivity index (χ1) is 9.61. The normalized spacial score (nSPS) is 19.1. The summed E-state index contributed by atoms with van der Waals surface area (Å²) in [7, 11) is 0. The largest absolute Gasteiger partial charge is 0.355 e. The van der Waals surface area contributed by atoms with Crippen LogP contribution >= 0.6 is 46.9 Å². The molecule has 1 aromatic rings. The molecule has 2 rings (SSSR count). The van der Waals surface area contributed by atoms with E-state index in [-0.39, 0.29) is 24.2 Å². The van der Waals surface area contributed by atoms with Crippen LogP contribution in [-0.2, 0) is 11.3 Å². The molecule has 0 spiro atoms. The topological polar surface area (TPSA) is 58.4 Å². The highest BCUT2D eigenvalue weighted by Crippen LogP contribution is 2.33. The second-order valence-electron chi connectivity index (χ2n) is 5.00. The molecule has 0 bridgehead atoms. The summed E-state index contributed by atoms with van der Waals surface area (Å²) < 4.78 is 0.635. The molecule has 1 fully saturated rings. The number of carbonyl (C=O) groups excluding carboxylic acids is 1. The first-order valence-electron chi connectivity index (χ1n) is 6.73. The molecule has 1 unspecified atom stereocenters. The van der Waals surface area contributed by atoms with Crippen LogP contribution in [-0.4, -0.2) is 37.0 Å². The molecule has 2 heterocycles. The number of rotatable bonds is 5. The second-order valence-corrected chi connectivity index (χ2v) is 6.86. The lowest BCUT2D eigenvalue weighted by atomic mass is 9.97. The van der Waals surface area contributed by atoms with E-state index in [1.807, 2.05) is 5.38 Å². The molecule has 1 aromatic heterocycles. The third kappa shape index (κ3) is 5.27. The van der Waals surface area contributed by atoms with E-state index in [9.17, 15) is 4.79 Å². The Kier molecular flexibility index (Phi) is 8.31. The molecule has 4 nitrogen and oxygen atoms in total. The van der Waals surface area contributed by atoms with Gasteiger partial charge < -0.3 is 11.1 Å². The molecule has 0 aromatic carbocycles. The minimum absolute atomic E-state index is 0. The van der Waals surface area contributed by atoms with Crippen LogP contribution in [0.5, 0.6) is 0 Å². The molecule has 1 atom stereocenters. The molecule has 8 heteroatoms. The van der Waals surface area contributed by atoms with Crippen molar-refractivity contribution in [2.24, 2.45) is 11.7 Å². The number of thiophene rings is 1. The summed E-state index contributed by atoms with van der Waals surface area (Å²) in [5.41, 5.74) is 6.45. The maximum Gasteiger partial charge on any atom is 0.224 e. The maximum absolute atomic E-state index is 12.0. The summed E-state index contributed by atoms with van der Waals surface area (Å²) in [6, 6.07) is 0. The lowest BCUT2D eigenvalue weighted by molar-refractivity contribution is -0.126. The van der Waals surface area contributed by atoms with Gasteiger partial charge in [-0.2, -0.15) is 0 Å². The van der Waals surface area contributed by atoms with E-state index in [2.05, 4.69) is 10.2 Å². The van der Waals surface area contributed by atoms with Crippen molar-refractivity contribution in [1.29, 1.82) is 0 Å². The molecule has 1 saturated heterocycles. The Labute approximate surface area is 145 Å². The summed E-state index contributed by atoms with van der Waals surface area (Å²) in [5.74, 6) is 0.151. The second kappa shape index (κ2) is 9.18. The highest BCUT2D eigenvalue weighted by Gasteiger charge is 2.26. The minimum Gasteiger partial charge on any atom is -0.355 e. The van der Waals surface area contributed by atoms with E-state index in [4.69, 9.17) is 28.9 Å². The summed E-state index contributed by atoms with van der Waals surface area (Å²) in [5, 5.41) is 5.50. The van der Waals surface area contributed by atoms with Crippen LogP contribution in [0.15, 0.2) is 5.38 Å². The molecule has 120 valence electrons. The van der Waals surface area contributed by atoms with E-state index in [1.54, 1.807) is 0 Å². The van der Waals surface area contributed by atoms with Gasteiger partial charge in [-0.1, -0.05) is 23.2 Å². The molecule has 1 aliphatic heterocycles. The van der Waals surface area contributed by atoms with Crippen LogP contribution < -0.4 is 11.1 Å². The van der Waals surface area contributed by atoms with E-state index in [1.165, 1.54) is 11.3 Å². The van der Waals surface area contributed by atoms with Gasteiger partial charge in [-0.3, -0.25) is 9.69 Å². The van der Waals surface area contributed by atoms with Crippen molar-refractivity contribution in [1.82, 2.24) is 10.2 Å². The van der Waals surface area contributed by atoms with Gasteiger partial charge in [0, 0.05) is 26.2 Å². The summed E-state index contributed by atoms with van der Waals surface area (Å²) >= 11 is 13.6.